The summed E-state index contributed by atoms with van der Waals surface area (Å²) in [4.78, 5) is 10.9. The summed E-state index contributed by atoms with van der Waals surface area (Å²) in [5, 5.41) is 0. The summed E-state index contributed by atoms with van der Waals surface area (Å²) in [5.41, 5.74) is 0. The van der Waals surface area contributed by atoms with Crippen molar-refractivity contribution in [2.24, 2.45) is 5.92 Å². The van der Waals surface area contributed by atoms with Crippen LogP contribution in [0, 0.1) is 5.92 Å². The van der Waals surface area contributed by atoms with Gasteiger partial charge in [0.15, 0.2) is 0 Å². The second-order valence-corrected chi connectivity index (χ2v) is 3.91. The summed E-state index contributed by atoms with van der Waals surface area (Å²) in [7, 11) is 0. The van der Waals surface area contributed by atoms with Crippen molar-refractivity contribution in [3.8, 4) is 0 Å². The van der Waals surface area contributed by atoms with Crippen molar-refractivity contribution in [1.82, 2.24) is 0 Å². The maximum atomic E-state index is 10.9. The van der Waals surface area contributed by atoms with E-state index in [9.17, 15) is 4.79 Å². The van der Waals surface area contributed by atoms with Gasteiger partial charge in [0.2, 0.25) is 0 Å². The molecule has 0 aromatic heterocycles. The Morgan fingerprint density at radius 1 is 1.40 bits per heavy atom. The highest BCUT2D eigenvalue weighted by Crippen LogP contribution is 2.05. The SMILES string of the molecule is C=CCOC(=O)COCCCCC(C)C. The molecular formula is C12H22O3. The first-order valence-electron chi connectivity index (χ1n) is 5.51. The van der Waals surface area contributed by atoms with Gasteiger partial charge in [-0.25, -0.2) is 4.79 Å². The number of carbonyl (C=O) groups excluding carboxylic acids is 1. The highest BCUT2D eigenvalue weighted by Gasteiger charge is 2.01. The van der Waals surface area contributed by atoms with Crippen molar-refractivity contribution in [2.45, 2.75) is 33.1 Å². The molecule has 88 valence electrons. The Morgan fingerprint density at radius 3 is 2.73 bits per heavy atom. The molecule has 0 saturated heterocycles. The standard InChI is InChI=1S/C12H22O3/c1-4-8-15-12(13)10-14-9-6-5-7-11(2)3/h4,11H,1,5-10H2,2-3H3. The van der Waals surface area contributed by atoms with E-state index in [1.54, 1.807) is 6.08 Å². The van der Waals surface area contributed by atoms with E-state index < -0.39 is 0 Å². The van der Waals surface area contributed by atoms with Gasteiger partial charge in [-0.2, -0.15) is 0 Å². The van der Waals surface area contributed by atoms with Crippen LogP contribution < -0.4 is 0 Å². The minimum atomic E-state index is -0.321. The second kappa shape index (κ2) is 9.71. The largest absolute Gasteiger partial charge is 0.460 e. The van der Waals surface area contributed by atoms with Crippen LogP contribution in [-0.4, -0.2) is 25.8 Å². The van der Waals surface area contributed by atoms with E-state index in [-0.39, 0.29) is 19.2 Å². The lowest BCUT2D eigenvalue weighted by Gasteiger charge is -2.05. The third-order valence-corrected chi connectivity index (χ3v) is 1.90. The van der Waals surface area contributed by atoms with Crippen molar-refractivity contribution >= 4 is 5.97 Å². The molecule has 0 aliphatic rings. The average molecular weight is 214 g/mol. The smallest absolute Gasteiger partial charge is 0.332 e. The Morgan fingerprint density at radius 2 is 2.13 bits per heavy atom. The number of unbranched alkanes of at least 4 members (excludes halogenated alkanes) is 1. The average Bonchev–Trinajstić information content (AvgIpc) is 2.19. The first-order chi connectivity index (χ1) is 7.16. The Labute approximate surface area is 92.5 Å². The predicted molar refractivity (Wildman–Crippen MR) is 60.7 cm³/mol. The van der Waals surface area contributed by atoms with Gasteiger partial charge in [0.05, 0.1) is 0 Å². The highest BCUT2D eigenvalue weighted by molar-refractivity contribution is 5.70. The van der Waals surface area contributed by atoms with Crippen LogP contribution in [0.5, 0.6) is 0 Å². The lowest BCUT2D eigenvalue weighted by molar-refractivity contribution is -0.147. The third kappa shape index (κ3) is 11.1. The predicted octanol–water partition coefficient (Wildman–Crippen LogP) is 2.56. The van der Waals surface area contributed by atoms with E-state index in [1.165, 1.54) is 6.42 Å². The van der Waals surface area contributed by atoms with Gasteiger partial charge in [0.1, 0.15) is 13.2 Å². The summed E-state index contributed by atoms with van der Waals surface area (Å²) >= 11 is 0. The minimum Gasteiger partial charge on any atom is -0.460 e. The minimum absolute atomic E-state index is 0.0511. The summed E-state index contributed by atoms with van der Waals surface area (Å²) in [6.07, 6.45) is 4.91. The molecule has 0 aromatic rings. The number of rotatable bonds is 9. The van der Waals surface area contributed by atoms with Crippen LogP contribution in [0.25, 0.3) is 0 Å². The topological polar surface area (TPSA) is 35.5 Å². The Balaban J connectivity index is 3.16. The molecule has 0 amide bonds. The van der Waals surface area contributed by atoms with E-state index in [4.69, 9.17) is 9.47 Å². The zero-order chi connectivity index (χ0) is 11.5. The van der Waals surface area contributed by atoms with Crippen LogP contribution in [0.15, 0.2) is 12.7 Å². The fourth-order valence-corrected chi connectivity index (χ4v) is 1.11. The number of esters is 1. The maximum Gasteiger partial charge on any atom is 0.332 e. The third-order valence-electron chi connectivity index (χ3n) is 1.90. The fraction of sp³-hybridized carbons (Fsp3) is 0.750. The van der Waals surface area contributed by atoms with Crippen molar-refractivity contribution in [3.63, 3.8) is 0 Å². The van der Waals surface area contributed by atoms with E-state index in [0.717, 1.165) is 18.8 Å². The van der Waals surface area contributed by atoms with Crippen LogP contribution in [0.2, 0.25) is 0 Å². The molecule has 0 saturated carbocycles. The zero-order valence-electron chi connectivity index (χ0n) is 9.83. The van der Waals surface area contributed by atoms with Crippen LogP contribution in [0.4, 0.5) is 0 Å². The molecule has 3 nitrogen and oxygen atoms in total. The van der Waals surface area contributed by atoms with Crippen LogP contribution in [0.3, 0.4) is 0 Å². The van der Waals surface area contributed by atoms with Gasteiger partial charge >= 0.3 is 5.97 Å². The molecule has 0 aromatic carbocycles. The molecule has 0 atom stereocenters. The molecule has 0 spiro atoms. The van der Waals surface area contributed by atoms with Crippen LogP contribution in [0.1, 0.15) is 33.1 Å². The molecule has 0 unspecified atom stereocenters. The van der Waals surface area contributed by atoms with Crippen molar-refractivity contribution < 1.29 is 14.3 Å². The molecule has 0 N–H and O–H groups in total. The molecular weight excluding hydrogens is 192 g/mol. The van der Waals surface area contributed by atoms with Crippen molar-refractivity contribution in [1.29, 1.82) is 0 Å². The summed E-state index contributed by atoms with van der Waals surface area (Å²) in [5.74, 6) is 0.418. The van der Waals surface area contributed by atoms with E-state index >= 15 is 0 Å². The first kappa shape index (κ1) is 14.2. The van der Waals surface area contributed by atoms with Gasteiger partial charge < -0.3 is 9.47 Å². The Hall–Kier alpha value is -0.830. The molecule has 15 heavy (non-hydrogen) atoms. The molecule has 3 heteroatoms. The maximum absolute atomic E-state index is 10.9. The fourth-order valence-electron chi connectivity index (χ4n) is 1.11. The number of hydrogen-bond acceptors (Lipinski definition) is 3. The quantitative estimate of drug-likeness (QED) is 0.336. The second-order valence-electron chi connectivity index (χ2n) is 3.91. The van der Waals surface area contributed by atoms with E-state index in [2.05, 4.69) is 20.4 Å². The molecule has 0 fully saturated rings. The number of ether oxygens (including phenoxy) is 2. The van der Waals surface area contributed by atoms with Crippen LogP contribution >= 0.6 is 0 Å². The Kier molecular flexibility index (Phi) is 9.18. The van der Waals surface area contributed by atoms with Gasteiger partial charge in [-0.05, 0) is 12.3 Å². The van der Waals surface area contributed by atoms with Gasteiger partial charge in [-0.15, -0.1) is 0 Å². The molecule has 0 heterocycles. The molecule has 0 rings (SSSR count). The monoisotopic (exact) mass is 214 g/mol. The zero-order valence-corrected chi connectivity index (χ0v) is 9.83. The lowest BCUT2D eigenvalue weighted by Crippen LogP contribution is -2.13. The van der Waals surface area contributed by atoms with Crippen LogP contribution in [-0.2, 0) is 14.3 Å². The summed E-state index contributed by atoms with van der Waals surface area (Å²) < 4.78 is 9.92. The number of carbonyl (C=O) groups is 1. The highest BCUT2D eigenvalue weighted by atomic mass is 16.6. The van der Waals surface area contributed by atoms with E-state index in [0.29, 0.717) is 6.61 Å². The molecule has 0 aliphatic carbocycles. The number of hydrogen-bond donors (Lipinski definition) is 0. The molecule has 0 radical (unpaired) electrons. The van der Waals surface area contributed by atoms with Crippen molar-refractivity contribution in [2.75, 3.05) is 19.8 Å². The van der Waals surface area contributed by atoms with Gasteiger partial charge in [0, 0.05) is 6.61 Å². The Bertz CT molecular complexity index is 176. The summed E-state index contributed by atoms with van der Waals surface area (Å²) in [6.45, 7) is 8.80. The van der Waals surface area contributed by atoms with E-state index in [1.807, 2.05) is 0 Å². The van der Waals surface area contributed by atoms with Gasteiger partial charge in [0.25, 0.3) is 0 Å². The molecule has 0 aliphatic heterocycles. The first-order valence-corrected chi connectivity index (χ1v) is 5.51. The van der Waals surface area contributed by atoms with Gasteiger partial charge in [-0.1, -0.05) is 39.3 Å². The normalized spacial score (nSPS) is 10.3. The lowest BCUT2D eigenvalue weighted by atomic mass is 10.1. The summed E-state index contributed by atoms with van der Waals surface area (Å²) in [6, 6.07) is 0. The van der Waals surface area contributed by atoms with Gasteiger partial charge in [-0.3, -0.25) is 0 Å². The van der Waals surface area contributed by atoms with Crippen molar-refractivity contribution in [3.05, 3.63) is 12.7 Å². The molecule has 0 bridgehead atoms.